The Morgan fingerprint density at radius 1 is 1.53 bits per heavy atom. The summed E-state index contributed by atoms with van der Waals surface area (Å²) < 4.78 is 6.39. The highest BCUT2D eigenvalue weighted by Crippen LogP contribution is 2.50. The van der Waals surface area contributed by atoms with Crippen LogP contribution in [0, 0.1) is 11.8 Å². The number of hydrogen-bond donors (Lipinski definition) is 1. The maximum absolute atomic E-state index is 6.13. The number of benzene rings is 1. The fourth-order valence-corrected chi connectivity index (χ4v) is 3.44. The Labute approximate surface area is 116 Å². The van der Waals surface area contributed by atoms with Gasteiger partial charge >= 0.3 is 0 Å². The van der Waals surface area contributed by atoms with Crippen LogP contribution in [-0.4, -0.2) is 14.2 Å². The van der Waals surface area contributed by atoms with E-state index in [1.807, 2.05) is 19.2 Å². The lowest BCUT2D eigenvalue weighted by Gasteiger charge is -2.20. The van der Waals surface area contributed by atoms with Gasteiger partial charge in [0, 0.05) is 16.6 Å². The summed E-state index contributed by atoms with van der Waals surface area (Å²) in [5.74, 6) is 2.34. The molecule has 1 aliphatic rings. The van der Waals surface area contributed by atoms with Gasteiger partial charge in [0.05, 0.1) is 11.6 Å². The molecule has 0 saturated heterocycles. The highest BCUT2D eigenvalue weighted by Gasteiger charge is 2.40. The summed E-state index contributed by atoms with van der Waals surface area (Å²) in [4.78, 5) is 0. The summed E-state index contributed by atoms with van der Waals surface area (Å²) >= 11 is 9.63. The summed E-state index contributed by atoms with van der Waals surface area (Å²) in [7, 11) is 3.69. The van der Waals surface area contributed by atoms with Crippen molar-refractivity contribution in [2.24, 2.45) is 11.8 Å². The van der Waals surface area contributed by atoms with E-state index in [9.17, 15) is 0 Å². The van der Waals surface area contributed by atoms with Crippen LogP contribution in [0.25, 0.3) is 0 Å². The van der Waals surface area contributed by atoms with Crippen molar-refractivity contribution in [3.8, 4) is 5.75 Å². The first kappa shape index (κ1) is 13.2. The van der Waals surface area contributed by atoms with Gasteiger partial charge in [0.2, 0.25) is 0 Å². The van der Waals surface area contributed by atoms with E-state index < -0.39 is 0 Å². The van der Waals surface area contributed by atoms with Gasteiger partial charge in [0.15, 0.2) is 0 Å². The maximum Gasteiger partial charge on any atom is 0.137 e. The molecule has 94 valence electrons. The molecule has 0 radical (unpaired) electrons. The molecule has 17 heavy (non-hydrogen) atoms. The second kappa shape index (κ2) is 5.17. The largest absolute Gasteiger partial charge is 0.495 e. The third-order valence-electron chi connectivity index (χ3n) is 3.49. The van der Waals surface area contributed by atoms with Crippen LogP contribution in [0.15, 0.2) is 16.6 Å². The highest BCUT2D eigenvalue weighted by atomic mass is 79.9. The summed E-state index contributed by atoms with van der Waals surface area (Å²) in [5.41, 5.74) is 1.14. The minimum atomic E-state index is 0.315. The van der Waals surface area contributed by atoms with E-state index in [4.69, 9.17) is 16.3 Å². The zero-order valence-electron chi connectivity index (χ0n) is 10.3. The molecule has 0 amide bonds. The average Bonchev–Trinajstić information content (AvgIpc) is 2.96. The summed E-state index contributed by atoms with van der Waals surface area (Å²) in [6.07, 6.45) is 1.26. The molecule has 3 atom stereocenters. The van der Waals surface area contributed by atoms with Gasteiger partial charge in [0.1, 0.15) is 5.75 Å². The molecule has 3 unspecified atom stereocenters. The van der Waals surface area contributed by atoms with Gasteiger partial charge in [-0.3, -0.25) is 0 Å². The van der Waals surface area contributed by atoms with Crippen molar-refractivity contribution in [3.05, 3.63) is 27.2 Å². The fraction of sp³-hybridized carbons (Fsp3) is 0.538. The second-order valence-corrected chi connectivity index (χ2v) is 5.94. The number of ether oxygens (including phenoxy) is 1. The Morgan fingerprint density at radius 2 is 2.18 bits per heavy atom. The lowest BCUT2D eigenvalue weighted by molar-refractivity contribution is 0.391. The van der Waals surface area contributed by atoms with E-state index in [1.54, 1.807) is 7.11 Å². The van der Waals surface area contributed by atoms with Crippen LogP contribution in [0.2, 0.25) is 5.02 Å². The first-order valence-corrected chi connectivity index (χ1v) is 6.95. The number of nitrogens with one attached hydrogen (secondary N) is 1. The molecule has 0 aliphatic heterocycles. The third-order valence-corrected chi connectivity index (χ3v) is 4.29. The van der Waals surface area contributed by atoms with Crippen molar-refractivity contribution in [3.63, 3.8) is 0 Å². The number of hydrogen-bond acceptors (Lipinski definition) is 2. The molecule has 1 N–H and O–H groups in total. The van der Waals surface area contributed by atoms with E-state index in [0.717, 1.165) is 26.7 Å². The Hall–Kier alpha value is -0.250. The molecule has 0 heterocycles. The van der Waals surface area contributed by atoms with Gasteiger partial charge in [-0.05, 0) is 53.4 Å². The first-order chi connectivity index (χ1) is 8.08. The van der Waals surface area contributed by atoms with E-state index in [1.165, 1.54) is 6.42 Å². The zero-order valence-corrected chi connectivity index (χ0v) is 12.6. The molecule has 2 rings (SSSR count). The maximum atomic E-state index is 6.13. The lowest BCUT2D eigenvalue weighted by atomic mass is 10.0. The minimum absolute atomic E-state index is 0.315. The van der Waals surface area contributed by atoms with Crippen molar-refractivity contribution in [2.75, 3.05) is 14.2 Å². The average molecular weight is 319 g/mol. The molecule has 0 bridgehead atoms. The van der Waals surface area contributed by atoms with Crippen LogP contribution in [-0.2, 0) is 0 Å². The van der Waals surface area contributed by atoms with Crippen LogP contribution in [0.1, 0.15) is 24.9 Å². The van der Waals surface area contributed by atoms with Gasteiger partial charge in [-0.15, -0.1) is 0 Å². The lowest BCUT2D eigenvalue weighted by Crippen LogP contribution is -2.20. The normalized spacial score (nSPS) is 24.5. The predicted molar refractivity (Wildman–Crippen MR) is 74.8 cm³/mol. The number of methoxy groups -OCH3 is 1. The van der Waals surface area contributed by atoms with E-state index in [-0.39, 0.29) is 0 Å². The number of rotatable bonds is 4. The van der Waals surface area contributed by atoms with Crippen LogP contribution >= 0.6 is 27.5 Å². The van der Waals surface area contributed by atoms with Crippen molar-refractivity contribution >= 4 is 27.5 Å². The molecule has 0 aromatic heterocycles. The Bertz CT molecular complexity index is 424. The second-order valence-electron chi connectivity index (χ2n) is 4.65. The van der Waals surface area contributed by atoms with Gasteiger partial charge in [0.25, 0.3) is 0 Å². The van der Waals surface area contributed by atoms with Gasteiger partial charge in [-0.2, -0.15) is 0 Å². The molecule has 1 aromatic carbocycles. The van der Waals surface area contributed by atoms with Gasteiger partial charge in [-0.25, -0.2) is 0 Å². The van der Waals surface area contributed by atoms with Crippen molar-refractivity contribution in [1.29, 1.82) is 0 Å². The summed E-state index contributed by atoms with van der Waals surface area (Å²) in [5, 5.41) is 4.12. The van der Waals surface area contributed by atoms with Crippen LogP contribution in [0.4, 0.5) is 0 Å². The van der Waals surface area contributed by atoms with Crippen molar-refractivity contribution < 1.29 is 4.74 Å². The molecule has 4 heteroatoms. The van der Waals surface area contributed by atoms with Crippen molar-refractivity contribution in [1.82, 2.24) is 5.32 Å². The molecule has 1 saturated carbocycles. The molecule has 1 fully saturated rings. The Balaban J connectivity index is 2.41. The van der Waals surface area contributed by atoms with Gasteiger partial charge < -0.3 is 10.1 Å². The molecule has 0 spiro atoms. The molecule has 1 aliphatic carbocycles. The smallest absolute Gasteiger partial charge is 0.137 e. The first-order valence-electron chi connectivity index (χ1n) is 5.78. The van der Waals surface area contributed by atoms with Crippen LogP contribution < -0.4 is 10.1 Å². The number of halogens is 2. The van der Waals surface area contributed by atoms with Gasteiger partial charge in [-0.1, -0.05) is 18.5 Å². The summed E-state index contributed by atoms with van der Waals surface area (Å²) in [6.45, 7) is 2.28. The third kappa shape index (κ3) is 2.61. The van der Waals surface area contributed by atoms with Crippen LogP contribution in [0.3, 0.4) is 0 Å². The predicted octanol–water partition coefficient (Wildman–Crippen LogP) is 4.03. The molecule has 2 nitrogen and oxygen atoms in total. The zero-order chi connectivity index (χ0) is 12.6. The van der Waals surface area contributed by atoms with Crippen LogP contribution in [0.5, 0.6) is 5.75 Å². The summed E-state index contributed by atoms with van der Waals surface area (Å²) in [6, 6.07) is 4.18. The standard InChI is InChI=1S/C13H17BrClNO/c1-7-4-9(7)12(16-2)10-5-8(15)6-11(14)13(10)17-3/h5-7,9,12,16H,4H2,1-3H3. The van der Waals surface area contributed by atoms with Crippen molar-refractivity contribution in [2.45, 2.75) is 19.4 Å². The Kier molecular flexibility index (Phi) is 4.01. The fourth-order valence-electron chi connectivity index (χ4n) is 2.44. The topological polar surface area (TPSA) is 21.3 Å². The minimum Gasteiger partial charge on any atom is -0.495 e. The quantitative estimate of drug-likeness (QED) is 0.905. The molecular formula is C13H17BrClNO. The Morgan fingerprint density at radius 3 is 2.65 bits per heavy atom. The highest BCUT2D eigenvalue weighted by molar-refractivity contribution is 9.10. The van der Waals surface area contributed by atoms with E-state index in [2.05, 4.69) is 28.2 Å². The van der Waals surface area contributed by atoms with E-state index in [0.29, 0.717) is 12.0 Å². The molecular weight excluding hydrogens is 302 g/mol. The SMILES string of the molecule is CNC(c1cc(Cl)cc(Br)c1OC)C1CC1C. The van der Waals surface area contributed by atoms with E-state index >= 15 is 0 Å². The molecule has 1 aromatic rings. The monoisotopic (exact) mass is 317 g/mol.